The van der Waals surface area contributed by atoms with Gasteiger partial charge in [0.15, 0.2) is 5.78 Å². The molecule has 0 saturated carbocycles. The molecule has 0 aromatic heterocycles. The van der Waals surface area contributed by atoms with Crippen molar-refractivity contribution in [1.29, 1.82) is 0 Å². The lowest BCUT2D eigenvalue weighted by Gasteiger charge is -2.34. The predicted octanol–water partition coefficient (Wildman–Crippen LogP) is 2.94. The van der Waals surface area contributed by atoms with E-state index in [4.69, 9.17) is 4.74 Å². The Balaban J connectivity index is 2.00. The summed E-state index contributed by atoms with van der Waals surface area (Å²) in [6.07, 6.45) is 5.31. The first-order valence-corrected chi connectivity index (χ1v) is 7.85. The number of anilines is 1. The van der Waals surface area contributed by atoms with Crippen molar-refractivity contribution < 1.29 is 14.3 Å². The summed E-state index contributed by atoms with van der Waals surface area (Å²) in [4.78, 5) is 24.7. The monoisotopic (exact) mass is 395 g/mol. The Bertz CT molecular complexity index is 678. The molecule has 1 aliphatic carbocycles. The molecule has 1 aromatic carbocycles. The average molecular weight is 395 g/mol. The van der Waals surface area contributed by atoms with Crippen LogP contribution in [0.25, 0.3) is 0 Å². The molecule has 0 fully saturated rings. The van der Waals surface area contributed by atoms with Gasteiger partial charge in [-0.25, -0.2) is 4.79 Å². The number of ether oxygens (including phenoxy) is 1. The molecule has 3 rings (SSSR count). The van der Waals surface area contributed by atoms with Gasteiger partial charge in [0.2, 0.25) is 0 Å². The Morgan fingerprint density at radius 1 is 1.43 bits per heavy atom. The summed E-state index contributed by atoms with van der Waals surface area (Å²) in [5.74, 6) is -0.690. The van der Waals surface area contributed by atoms with Crippen molar-refractivity contribution in [2.75, 3.05) is 11.9 Å². The summed E-state index contributed by atoms with van der Waals surface area (Å²) in [6, 6.07) is 5.34. The van der Waals surface area contributed by atoms with Crippen LogP contribution < -0.4 is 5.32 Å². The first kappa shape index (κ1) is 14.3. The molecule has 1 aliphatic heterocycles. The molecule has 0 radical (unpaired) electrons. The minimum Gasteiger partial charge on any atom is -0.463 e. The van der Waals surface area contributed by atoms with E-state index in [0.29, 0.717) is 17.7 Å². The summed E-state index contributed by atoms with van der Waals surface area (Å²) < 4.78 is 6.09. The van der Waals surface area contributed by atoms with E-state index in [9.17, 15) is 9.59 Å². The fraction of sp³-hybridized carbons (Fsp3) is 0.250. The maximum atomic E-state index is 12.7. The van der Waals surface area contributed by atoms with Gasteiger partial charge in [0, 0.05) is 14.8 Å². The number of Topliss-reactive ketones (excluding diaryl/α,β-unsaturated/α-hetero) is 1. The SMILES string of the molecule is CCOC(=O)C1=CC=CC2C(=O)c3cc(I)ccc3NC12. The van der Waals surface area contributed by atoms with Crippen LogP contribution in [0.3, 0.4) is 0 Å². The van der Waals surface area contributed by atoms with Crippen LogP contribution in [0, 0.1) is 9.49 Å². The Morgan fingerprint density at radius 2 is 2.24 bits per heavy atom. The standard InChI is InChI=1S/C16H14INO3/c1-2-21-16(20)11-5-3-4-10-14(11)18-13-7-6-9(17)8-12(13)15(10)19/h3-8,10,14,18H,2H2,1H3. The molecule has 1 N–H and O–H groups in total. The number of rotatable bonds is 2. The van der Waals surface area contributed by atoms with Gasteiger partial charge < -0.3 is 10.1 Å². The van der Waals surface area contributed by atoms with Crippen molar-refractivity contribution >= 4 is 40.0 Å². The average Bonchev–Trinajstić information content (AvgIpc) is 2.48. The second-order valence-electron chi connectivity index (χ2n) is 4.93. The van der Waals surface area contributed by atoms with Crippen LogP contribution in [-0.4, -0.2) is 24.4 Å². The summed E-state index contributed by atoms with van der Waals surface area (Å²) in [6.45, 7) is 2.09. The minimum atomic E-state index is -0.369. The number of carbonyl (C=O) groups excluding carboxylic acids is 2. The molecule has 108 valence electrons. The molecule has 0 spiro atoms. The highest BCUT2D eigenvalue weighted by Gasteiger charge is 2.39. The highest BCUT2D eigenvalue weighted by atomic mass is 127. The smallest absolute Gasteiger partial charge is 0.336 e. The van der Waals surface area contributed by atoms with Gasteiger partial charge in [0.1, 0.15) is 0 Å². The lowest BCUT2D eigenvalue weighted by atomic mass is 9.79. The van der Waals surface area contributed by atoms with Gasteiger partial charge in [-0.15, -0.1) is 0 Å². The molecule has 0 saturated heterocycles. The van der Waals surface area contributed by atoms with Crippen LogP contribution in [0.2, 0.25) is 0 Å². The fourth-order valence-corrected chi connectivity index (χ4v) is 3.19. The lowest BCUT2D eigenvalue weighted by Crippen LogP contribution is -2.43. The molecule has 21 heavy (non-hydrogen) atoms. The van der Waals surface area contributed by atoms with E-state index in [1.807, 2.05) is 24.3 Å². The Morgan fingerprint density at radius 3 is 3.00 bits per heavy atom. The maximum Gasteiger partial charge on any atom is 0.336 e. The number of hydrogen-bond donors (Lipinski definition) is 1. The second-order valence-corrected chi connectivity index (χ2v) is 6.17. The van der Waals surface area contributed by atoms with Gasteiger partial charge in [-0.05, 0) is 53.8 Å². The zero-order valence-electron chi connectivity index (χ0n) is 11.4. The first-order chi connectivity index (χ1) is 10.1. The summed E-state index contributed by atoms with van der Waals surface area (Å²) in [7, 11) is 0. The molecular weight excluding hydrogens is 381 g/mol. The number of fused-ring (bicyclic) bond motifs is 2. The highest BCUT2D eigenvalue weighted by Crippen LogP contribution is 2.35. The number of ketones is 1. The van der Waals surface area contributed by atoms with E-state index < -0.39 is 0 Å². The molecular formula is C16H14INO3. The second kappa shape index (κ2) is 5.63. The third kappa shape index (κ3) is 2.50. The van der Waals surface area contributed by atoms with Crippen molar-refractivity contribution in [3.05, 3.63) is 51.1 Å². The van der Waals surface area contributed by atoms with Crippen molar-refractivity contribution in [3.63, 3.8) is 0 Å². The number of esters is 1. The van der Waals surface area contributed by atoms with Crippen LogP contribution in [0.4, 0.5) is 5.69 Å². The van der Waals surface area contributed by atoms with Crippen molar-refractivity contribution in [1.82, 2.24) is 0 Å². The van der Waals surface area contributed by atoms with E-state index in [2.05, 4.69) is 27.9 Å². The van der Waals surface area contributed by atoms with Crippen LogP contribution in [-0.2, 0) is 9.53 Å². The molecule has 5 heteroatoms. The molecule has 0 amide bonds. The summed E-state index contributed by atoms with van der Waals surface area (Å²) >= 11 is 2.19. The molecule has 2 unspecified atom stereocenters. The number of carbonyl (C=O) groups is 2. The Labute approximate surface area is 136 Å². The number of benzene rings is 1. The van der Waals surface area contributed by atoms with E-state index in [0.717, 1.165) is 9.26 Å². The van der Waals surface area contributed by atoms with Crippen molar-refractivity contribution in [2.45, 2.75) is 13.0 Å². The molecule has 2 aliphatic rings. The lowest BCUT2D eigenvalue weighted by molar-refractivity contribution is -0.138. The number of nitrogens with one attached hydrogen (secondary N) is 1. The van der Waals surface area contributed by atoms with Gasteiger partial charge in [0.05, 0.1) is 24.1 Å². The topological polar surface area (TPSA) is 55.4 Å². The molecule has 0 bridgehead atoms. The quantitative estimate of drug-likeness (QED) is 0.618. The molecule has 1 heterocycles. The number of halogens is 1. The van der Waals surface area contributed by atoms with Gasteiger partial charge in [-0.1, -0.05) is 12.2 Å². The summed E-state index contributed by atoms with van der Waals surface area (Å²) in [5, 5.41) is 3.30. The van der Waals surface area contributed by atoms with Crippen molar-refractivity contribution in [2.24, 2.45) is 5.92 Å². The highest BCUT2D eigenvalue weighted by molar-refractivity contribution is 14.1. The van der Waals surface area contributed by atoms with E-state index >= 15 is 0 Å². The van der Waals surface area contributed by atoms with Crippen LogP contribution >= 0.6 is 22.6 Å². The Hall–Kier alpha value is -1.63. The van der Waals surface area contributed by atoms with Gasteiger partial charge in [-0.3, -0.25) is 4.79 Å². The largest absolute Gasteiger partial charge is 0.463 e. The fourth-order valence-electron chi connectivity index (χ4n) is 2.70. The Kier molecular flexibility index (Phi) is 3.84. The third-order valence-electron chi connectivity index (χ3n) is 3.66. The molecule has 4 nitrogen and oxygen atoms in total. The third-order valence-corrected chi connectivity index (χ3v) is 4.33. The van der Waals surface area contributed by atoms with E-state index in [-0.39, 0.29) is 23.7 Å². The first-order valence-electron chi connectivity index (χ1n) is 6.77. The molecule has 1 aromatic rings. The van der Waals surface area contributed by atoms with Crippen LogP contribution in [0.1, 0.15) is 17.3 Å². The number of hydrogen-bond acceptors (Lipinski definition) is 4. The zero-order chi connectivity index (χ0) is 15.0. The normalized spacial score (nSPS) is 22.8. The van der Waals surface area contributed by atoms with Gasteiger partial charge in [0.25, 0.3) is 0 Å². The van der Waals surface area contributed by atoms with Crippen molar-refractivity contribution in [3.8, 4) is 0 Å². The number of allylic oxidation sites excluding steroid dienone is 2. The van der Waals surface area contributed by atoms with E-state index in [1.54, 1.807) is 19.1 Å². The molecule has 2 atom stereocenters. The maximum absolute atomic E-state index is 12.7. The zero-order valence-corrected chi connectivity index (χ0v) is 13.6. The van der Waals surface area contributed by atoms with Gasteiger partial charge in [-0.2, -0.15) is 0 Å². The van der Waals surface area contributed by atoms with Crippen LogP contribution in [0.5, 0.6) is 0 Å². The summed E-state index contributed by atoms with van der Waals surface area (Å²) in [5.41, 5.74) is 1.95. The van der Waals surface area contributed by atoms with E-state index in [1.165, 1.54) is 0 Å². The van der Waals surface area contributed by atoms with Crippen LogP contribution in [0.15, 0.2) is 42.0 Å². The minimum absolute atomic E-state index is 0.0402. The predicted molar refractivity (Wildman–Crippen MR) is 88.2 cm³/mol. The van der Waals surface area contributed by atoms with Gasteiger partial charge >= 0.3 is 5.97 Å².